The zero-order valence-corrected chi connectivity index (χ0v) is 18.2. The van der Waals surface area contributed by atoms with Crippen molar-refractivity contribution < 1.29 is 17.9 Å². The van der Waals surface area contributed by atoms with Crippen molar-refractivity contribution in [3.8, 4) is 5.75 Å². The second kappa shape index (κ2) is 8.97. The molecule has 162 valence electrons. The lowest BCUT2D eigenvalue weighted by Gasteiger charge is -2.37. The van der Waals surface area contributed by atoms with Gasteiger partial charge in [-0.15, -0.1) is 0 Å². The first kappa shape index (κ1) is 21.2. The minimum atomic E-state index is -2.88. The van der Waals surface area contributed by atoms with Gasteiger partial charge in [0.2, 0.25) is 0 Å². The van der Waals surface area contributed by atoms with Crippen LogP contribution in [0.25, 0.3) is 0 Å². The monoisotopic (exact) mass is 443 g/mol. The first-order chi connectivity index (χ1) is 13.9. The molecule has 0 saturated carbocycles. The summed E-state index contributed by atoms with van der Waals surface area (Å²) in [6, 6.07) is 0.117. The highest BCUT2D eigenvalue weighted by molar-refractivity contribution is 7.99. The van der Waals surface area contributed by atoms with Crippen LogP contribution in [0, 0.1) is 0 Å². The van der Waals surface area contributed by atoms with Crippen LogP contribution in [0.5, 0.6) is 5.75 Å². The fourth-order valence-electron chi connectivity index (χ4n) is 4.37. The molecule has 1 aromatic heterocycles. The van der Waals surface area contributed by atoms with Crippen molar-refractivity contribution >= 4 is 21.6 Å². The summed E-state index contributed by atoms with van der Waals surface area (Å²) < 4.78 is 28.7. The van der Waals surface area contributed by atoms with E-state index >= 15 is 0 Å². The number of sulfone groups is 1. The van der Waals surface area contributed by atoms with E-state index in [2.05, 4.69) is 14.7 Å². The van der Waals surface area contributed by atoms with Crippen LogP contribution < -0.4 is 5.63 Å². The van der Waals surface area contributed by atoms with Gasteiger partial charge in [0.15, 0.2) is 9.84 Å². The molecule has 0 unspecified atom stereocenters. The summed E-state index contributed by atoms with van der Waals surface area (Å²) in [6.07, 6.45) is 2.10. The van der Waals surface area contributed by atoms with Gasteiger partial charge in [0, 0.05) is 75.5 Å². The van der Waals surface area contributed by atoms with Gasteiger partial charge in [0.1, 0.15) is 12.0 Å². The van der Waals surface area contributed by atoms with Crippen LogP contribution in [0.3, 0.4) is 0 Å². The van der Waals surface area contributed by atoms with E-state index < -0.39 is 15.5 Å². The number of piperazine rings is 1. The van der Waals surface area contributed by atoms with Gasteiger partial charge < -0.3 is 9.52 Å². The summed E-state index contributed by atoms with van der Waals surface area (Å²) >= 11 is 1.93. The predicted molar refractivity (Wildman–Crippen MR) is 113 cm³/mol. The van der Waals surface area contributed by atoms with E-state index in [4.69, 9.17) is 4.42 Å². The average Bonchev–Trinajstić information content (AvgIpc) is 3.08. The number of hydrogen-bond donors (Lipinski definition) is 1. The van der Waals surface area contributed by atoms with E-state index in [0.717, 1.165) is 50.8 Å². The van der Waals surface area contributed by atoms with Crippen molar-refractivity contribution in [3.63, 3.8) is 0 Å². The molecule has 10 heteroatoms. The molecule has 0 radical (unpaired) electrons. The highest BCUT2D eigenvalue weighted by atomic mass is 32.2. The van der Waals surface area contributed by atoms with Gasteiger partial charge in [0.25, 0.3) is 0 Å². The molecule has 29 heavy (non-hydrogen) atoms. The molecule has 0 spiro atoms. The Hall–Kier alpha value is -1.07. The minimum Gasteiger partial charge on any atom is -0.507 e. The molecule has 4 rings (SSSR count). The maximum atomic E-state index is 12.3. The standard InChI is InChI=1S/C19H29N3O5S2/c23-18-15(11-21-6-8-28-9-7-21)13-27-19(24)17(18)12-20-2-4-22(5-3-20)16-1-10-29(25,26)14-16/h13,16,23H,1-12,14H2/t16-/m1/s1. The van der Waals surface area contributed by atoms with Crippen molar-refractivity contribution in [2.75, 3.05) is 62.3 Å². The van der Waals surface area contributed by atoms with Crippen molar-refractivity contribution in [3.05, 3.63) is 27.8 Å². The number of nitrogens with zero attached hydrogens (tertiary/aromatic N) is 3. The number of thioether (sulfide) groups is 1. The van der Waals surface area contributed by atoms with Crippen molar-refractivity contribution in [1.29, 1.82) is 0 Å². The Kier molecular flexibility index (Phi) is 6.55. The van der Waals surface area contributed by atoms with E-state index in [1.54, 1.807) is 0 Å². The van der Waals surface area contributed by atoms with E-state index in [0.29, 0.717) is 30.6 Å². The minimum absolute atomic E-state index is 0.0591. The van der Waals surface area contributed by atoms with Gasteiger partial charge in [-0.1, -0.05) is 0 Å². The van der Waals surface area contributed by atoms with Crippen molar-refractivity contribution in [2.24, 2.45) is 0 Å². The molecule has 0 bridgehead atoms. The van der Waals surface area contributed by atoms with E-state index in [1.807, 2.05) is 11.8 Å². The molecule has 8 nitrogen and oxygen atoms in total. The topological polar surface area (TPSA) is 94.3 Å². The second-order valence-corrected chi connectivity index (χ2v) is 11.6. The van der Waals surface area contributed by atoms with E-state index in [-0.39, 0.29) is 23.3 Å². The van der Waals surface area contributed by atoms with E-state index in [1.165, 1.54) is 6.26 Å². The lowest BCUT2D eigenvalue weighted by Crippen LogP contribution is -2.50. The molecular formula is C19H29N3O5S2. The highest BCUT2D eigenvalue weighted by Gasteiger charge is 2.34. The summed E-state index contributed by atoms with van der Waals surface area (Å²) in [5, 5.41) is 10.7. The summed E-state index contributed by atoms with van der Waals surface area (Å²) in [7, 11) is -2.88. The molecule has 1 aromatic rings. The summed E-state index contributed by atoms with van der Waals surface area (Å²) in [5.41, 5.74) is 0.511. The normalized spacial score (nSPS) is 26.7. The average molecular weight is 444 g/mol. The number of rotatable bonds is 5. The number of hydrogen-bond acceptors (Lipinski definition) is 9. The van der Waals surface area contributed by atoms with Crippen molar-refractivity contribution in [2.45, 2.75) is 25.6 Å². The second-order valence-electron chi connectivity index (χ2n) is 8.13. The Balaban J connectivity index is 1.37. The lowest BCUT2D eigenvalue weighted by molar-refractivity contribution is 0.0986. The van der Waals surface area contributed by atoms with E-state index in [9.17, 15) is 18.3 Å². The van der Waals surface area contributed by atoms with Crippen LogP contribution in [0.4, 0.5) is 0 Å². The Morgan fingerprint density at radius 2 is 1.76 bits per heavy atom. The summed E-state index contributed by atoms with van der Waals surface area (Å²) in [5.74, 6) is 2.77. The molecule has 0 aromatic carbocycles. The van der Waals surface area contributed by atoms with Crippen LogP contribution in [0.15, 0.2) is 15.5 Å². The highest BCUT2D eigenvalue weighted by Crippen LogP contribution is 2.25. The Bertz CT molecular complexity index is 874. The maximum Gasteiger partial charge on any atom is 0.343 e. The first-order valence-electron chi connectivity index (χ1n) is 10.2. The lowest BCUT2D eigenvalue weighted by atomic mass is 10.1. The smallest absolute Gasteiger partial charge is 0.343 e. The Morgan fingerprint density at radius 3 is 2.41 bits per heavy atom. The molecule has 1 N–H and O–H groups in total. The molecule has 3 aliphatic heterocycles. The van der Waals surface area contributed by atoms with Crippen LogP contribution in [-0.4, -0.2) is 96.5 Å². The molecule has 0 amide bonds. The fraction of sp³-hybridized carbons (Fsp3) is 0.737. The predicted octanol–water partition coefficient (Wildman–Crippen LogP) is 0.199. The Morgan fingerprint density at radius 1 is 1.07 bits per heavy atom. The third-order valence-corrected chi connectivity index (χ3v) is 8.85. The first-order valence-corrected chi connectivity index (χ1v) is 13.2. The SMILES string of the molecule is O=c1occ(CN2CCSCC2)c(O)c1CN1CCN([C@@H]2CCS(=O)(=O)C2)CC1. The van der Waals surface area contributed by atoms with Crippen LogP contribution in [-0.2, 0) is 22.9 Å². The molecule has 0 aliphatic carbocycles. The molecular weight excluding hydrogens is 414 g/mol. The zero-order valence-electron chi connectivity index (χ0n) is 16.6. The molecule has 3 aliphatic rings. The van der Waals surface area contributed by atoms with Gasteiger partial charge in [-0.05, 0) is 6.42 Å². The van der Waals surface area contributed by atoms with Crippen molar-refractivity contribution in [1.82, 2.24) is 14.7 Å². The third kappa shape index (κ3) is 5.16. The van der Waals surface area contributed by atoms with Gasteiger partial charge in [-0.25, -0.2) is 13.2 Å². The fourth-order valence-corrected chi connectivity index (χ4v) is 7.11. The third-order valence-electron chi connectivity index (χ3n) is 6.16. The largest absolute Gasteiger partial charge is 0.507 e. The molecule has 4 heterocycles. The van der Waals surface area contributed by atoms with Crippen LogP contribution in [0.2, 0.25) is 0 Å². The zero-order chi connectivity index (χ0) is 20.4. The van der Waals surface area contributed by atoms with Crippen LogP contribution in [0.1, 0.15) is 17.5 Å². The quantitative estimate of drug-likeness (QED) is 0.685. The van der Waals surface area contributed by atoms with Gasteiger partial charge in [-0.3, -0.25) is 14.7 Å². The molecule has 3 saturated heterocycles. The Labute approximate surface area is 175 Å². The maximum absolute atomic E-state index is 12.3. The van der Waals surface area contributed by atoms with Gasteiger partial charge >= 0.3 is 5.63 Å². The summed E-state index contributed by atoms with van der Waals surface area (Å²) in [4.78, 5) is 18.9. The summed E-state index contributed by atoms with van der Waals surface area (Å²) in [6.45, 7) is 5.91. The van der Waals surface area contributed by atoms with Gasteiger partial charge in [0.05, 0.1) is 17.1 Å². The molecule has 3 fully saturated rings. The molecule has 1 atom stereocenters. The van der Waals surface area contributed by atoms with Gasteiger partial charge in [-0.2, -0.15) is 11.8 Å². The van der Waals surface area contributed by atoms with Crippen LogP contribution >= 0.6 is 11.8 Å². The number of aromatic hydroxyl groups is 1.